The molecule has 10 nitrogen and oxygen atoms in total. The van der Waals surface area contributed by atoms with E-state index in [9.17, 15) is 19.2 Å². The Hall–Kier alpha value is -3.57. The molecule has 3 aromatic heterocycles. The van der Waals surface area contributed by atoms with Crippen molar-refractivity contribution in [2.24, 2.45) is 0 Å². The molecule has 11 heteroatoms. The van der Waals surface area contributed by atoms with Crippen molar-refractivity contribution in [3.8, 4) is 0 Å². The van der Waals surface area contributed by atoms with Gasteiger partial charge in [-0.3, -0.25) is 19.0 Å². The molecule has 33 heavy (non-hydrogen) atoms. The molecule has 1 aliphatic rings. The number of ether oxygens (including phenoxy) is 1. The summed E-state index contributed by atoms with van der Waals surface area (Å²) in [6.07, 6.45) is 1.63. The molecule has 0 aliphatic carbocycles. The molecule has 170 valence electrons. The highest BCUT2D eigenvalue weighted by Gasteiger charge is 2.23. The average Bonchev–Trinajstić information content (AvgIpc) is 3.53. The van der Waals surface area contributed by atoms with E-state index in [1.165, 1.54) is 27.2 Å². The Morgan fingerprint density at radius 1 is 1.21 bits per heavy atom. The molecule has 0 unspecified atom stereocenters. The standard InChI is InChI=1S/C22H21N5O5S/c1-13(28)14-4-6-15(7-5-14)23-18(29)12-26-22(31)27-17-8-10-33-19(17)20(30)25(21(27)24-26)11-16-3-2-9-32-16/h4-8,10,16H,2-3,9,11-12H2,1H3,(H,23,29)/t16-/m0/s1. The third-order valence-electron chi connectivity index (χ3n) is 5.67. The van der Waals surface area contributed by atoms with Gasteiger partial charge >= 0.3 is 5.69 Å². The summed E-state index contributed by atoms with van der Waals surface area (Å²) in [6, 6.07) is 8.18. The zero-order valence-electron chi connectivity index (χ0n) is 17.8. The first-order valence-corrected chi connectivity index (χ1v) is 11.4. The van der Waals surface area contributed by atoms with Crippen LogP contribution >= 0.6 is 11.3 Å². The monoisotopic (exact) mass is 467 g/mol. The molecule has 0 bridgehead atoms. The van der Waals surface area contributed by atoms with Crippen LogP contribution in [-0.4, -0.2) is 43.1 Å². The largest absolute Gasteiger partial charge is 0.376 e. The first-order valence-electron chi connectivity index (χ1n) is 10.5. The molecule has 1 atom stereocenters. The number of thiophene rings is 1. The number of nitrogens with one attached hydrogen (secondary N) is 1. The van der Waals surface area contributed by atoms with Crippen LogP contribution in [0.4, 0.5) is 5.69 Å². The van der Waals surface area contributed by atoms with Crippen LogP contribution in [-0.2, 0) is 22.6 Å². The van der Waals surface area contributed by atoms with E-state index < -0.39 is 11.6 Å². The van der Waals surface area contributed by atoms with Crippen molar-refractivity contribution in [1.82, 2.24) is 18.7 Å². The second-order valence-electron chi connectivity index (χ2n) is 7.94. The second-order valence-corrected chi connectivity index (χ2v) is 8.86. The third-order valence-corrected chi connectivity index (χ3v) is 6.56. The number of anilines is 1. The van der Waals surface area contributed by atoms with Gasteiger partial charge in [0.1, 0.15) is 11.2 Å². The second kappa shape index (κ2) is 8.41. The molecular formula is C22H21N5O5S. The predicted molar refractivity (Wildman–Crippen MR) is 123 cm³/mol. The lowest BCUT2D eigenvalue weighted by molar-refractivity contribution is -0.117. The van der Waals surface area contributed by atoms with Crippen molar-refractivity contribution >= 4 is 44.7 Å². The number of amides is 1. The van der Waals surface area contributed by atoms with Gasteiger partial charge in [-0.1, -0.05) is 0 Å². The van der Waals surface area contributed by atoms with Crippen molar-refractivity contribution in [2.75, 3.05) is 11.9 Å². The highest BCUT2D eigenvalue weighted by atomic mass is 32.1. The Morgan fingerprint density at radius 3 is 2.70 bits per heavy atom. The van der Waals surface area contributed by atoms with Gasteiger partial charge in [-0.15, -0.1) is 16.4 Å². The van der Waals surface area contributed by atoms with Crippen LogP contribution in [0.25, 0.3) is 16.0 Å². The maximum absolute atomic E-state index is 13.2. The Bertz CT molecular complexity index is 1490. The minimum absolute atomic E-state index is 0.0714. The molecule has 0 saturated carbocycles. The molecule has 0 spiro atoms. The van der Waals surface area contributed by atoms with Crippen LogP contribution < -0.4 is 16.6 Å². The SMILES string of the molecule is CC(=O)c1ccc(NC(=O)Cn2nc3n(C[C@@H]4CCCO4)c(=O)c4sccc4n3c2=O)cc1. The van der Waals surface area contributed by atoms with Gasteiger partial charge in [0.25, 0.3) is 5.56 Å². The molecule has 4 heterocycles. The quantitative estimate of drug-likeness (QED) is 0.433. The number of aromatic nitrogens is 4. The van der Waals surface area contributed by atoms with Gasteiger partial charge < -0.3 is 10.1 Å². The molecule has 1 fully saturated rings. The summed E-state index contributed by atoms with van der Waals surface area (Å²) in [5.74, 6) is -0.339. The maximum Gasteiger partial charge on any atom is 0.352 e. The first kappa shape index (κ1) is 21.3. The molecule has 5 rings (SSSR count). The highest BCUT2D eigenvalue weighted by molar-refractivity contribution is 7.17. The summed E-state index contributed by atoms with van der Waals surface area (Å²) in [4.78, 5) is 50.3. The summed E-state index contributed by atoms with van der Waals surface area (Å²) in [5.41, 5.74) is 0.776. The van der Waals surface area contributed by atoms with Gasteiger partial charge in [0, 0.05) is 17.9 Å². The minimum Gasteiger partial charge on any atom is -0.376 e. The van der Waals surface area contributed by atoms with Crippen LogP contribution in [0.1, 0.15) is 30.1 Å². The number of carbonyl (C=O) groups excluding carboxylic acids is 2. The van der Waals surface area contributed by atoms with Crippen molar-refractivity contribution in [3.05, 3.63) is 62.1 Å². The minimum atomic E-state index is -0.503. The van der Waals surface area contributed by atoms with Crippen molar-refractivity contribution in [2.45, 2.75) is 39.0 Å². The summed E-state index contributed by atoms with van der Waals surface area (Å²) in [5, 5.41) is 8.79. The van der Waals surface area contributed by atoms with Gasteiger partial charge in [-0.2, -0.15) is 0 Å². The fourth-order valence-corrected chi connectivity index (χ4v) is 4.84. The van der Waals surface area contributed by atoms with Crippen LogP contribution in [0.5, 0.6) is 0 Å². The number of hydrogen-bond donors (Lipinski definition) is 1. The van der Waals surface area contributed by atoms with E-state index >= 15 is 0 Å². The summed E-state index contributed by atoms with van der Waals surface area (Å²) >= 11 is 1.26. The van der Waals surface area contributed by atoms with E-state index in [1.54, 1.807) is 35.7 Å². The topological polar surface area (TPSA) is 117 Å². The number of Topliss-reactive ketones (excluding diaryl/α,β-unsaturated/α-hetero) is 1. The van der Waals surface area contributed by atoms with E-state index in [0.717, 1.165) is 17.5 Å². The van der Waals surface area contributed by atoms with E-state index in [2.05, 4.69) is 10.4 Å². The first-order chi connectivity index (χ1) is 15.9. The highest BCUT2D eigenvalue weighted by Crippen LogP contribution is 2.19. The van der Waals surface area contributed by atoms with Gasteiger partial charge in [-0.25, -0.2) is 13.9 Å². The lowest BCUT2D eigenvalue weighted by atomic mass is 10.1. The van der Waals surface area contributed by atoms with Crippen molar-refractivity contribution < 1.29 is 14.3 Å². The Balaban J connectivity index is 1.49. The molecule has 1 aromatic carbocycles. The number of rotatable bonds is 6. The van der Waals surface area contributed by atoms with Crippen molar-refractivity contribution in [3.63, 3.8) is 0 Å². The van der Waals surface area contributed by atoms with Crippen LogP contribution in [0.2, 0.25) is 0 Å². The Kier molecular flexibility index (Phi) is 5.43. The third kappa shape index (κ3) is 3.89. The number of fused-ring (bicyclic) bond motifs is 3. The smallest absolute Gasteiger partial charge is 0.352 e. The lowest BCUT2D eigenvalue weighted by Crippen LogP contribution is -2.30. The molecule has 1 saturated heterocycles. The normalized spacial score (nSPS) is 16.0. The number of nitrogens with zero attached hydrogens (tertiary/aromatic N) is 4. The molecule has 1 amide bonds. The fourth-order valence-electron chi connectivity index (χ4n) is 4.02. The van der Waals surface area contributed by atoms with Gasteiger partial charge in [-0.05, 0) is 55.5 Å². The van der Waals surface area contributed by atoms with E-state index in [0.29, 0.717) is 34.6 Å². The van der Waals surface area contributed by atoms with E-state index in [4.69, 9.17) is 4.74 Å². The Morgan fingerprint density at radius 2 is 2.00 bits per heavy atom. The fraction of sp³-hybridized carbons (Fsp3) is 0.318. The van der Waals surface area contributed by atoms with Crippen LogP contribution in [0.3, 0.4) is 0 Å². The zero-order chi connectivity index (χ0) is 23.1. The Labute approximate surface area is 191 Å². The molecular weight excluding hydrogens is 446 g/mol. The van der Waals surface area contributed by atoms with Crippen LogP contribution in [0.15, 0.2) is 45.3 Å². The molecule has 0 radical (unpaired) electrons. The van der Waals surface area contributed by atoms with E-state index in [1.807, 2.05) is 0 Å². The van der Waals surface area contributed by atoms with E-state index in [-0.39, 0.29) is 29.8 Å². The molecule has 1 aliphatic heterocycles. The number of hydrogen-bond acceptors (Lipinski definition) is 7. The predicted octanol–water partition coefficient (Wildman–Crippen LogP) is 1.89. The molecule has 1 N–H and O–H groups in total. The van der Waals surface area contributed by atoms with Gasteiger partial charge in [0.2, 0.25) is 11.7 Å². The van der Waals surface area contributed by atoms with Crippen molar-refractivity contribution in [1.29, 1.82) is 0 Å². The lowest BCUT2D eigenvalue weighted by Gasteiger charge is -2.12. The molecule has 4 aromatic rings. The number of carbonyl (C=O) groups is 2. The number of ketones is 1. The summed E-state index contributed by atoms with van der Waals surface area (Å²) in [7, 11) is 0. The summed E-state index contributed by atoms with van der Waals surface area (Å²) < 4.78 is 10.0. The average molecular weight is 468 g/mol. The summed E-state index contributed by atoms with van der Waals surface area (Å²) in [6.45, 7) is 2.08. The zero-order valence-corrected chi connectivity index (χ0v) is 18.6. The van der Waals surface area contributed by atoms with Gasteiger partial charge in [0.15, 0.2) is 5.78 Å². The van der Waals surface area contributed by atoms with Crippen LogP contribution in [0, 0.1) is 0 Å². The number of benzene rings is 1. The van der Waals surface area contributed by atoms with Gasteiger partial charge in [0.05, 0.1) is 18.2 Å². The maximum atomic E-state index is 13.2.